The summed E-state index contributed by atoms with van der Waals surface area (Å²) in [6.07, 6.45) is 1.62. The van der Waals surface area contributed by atoms with E-state index in [1.54, 1.807) is 37.6 Å². The third kappa shape index (κ3) is 3.51. The summed E-state index contributed by atoms with van der Waals surface area (Å²) in [6.45, 7) is 5.79. The number of hydrazone groups is 1. The van der Waals surface area contributed by atoms with Crippen molar-refractivity contribution in [1.82, 2.24) is 15.1 Å². The molecular formula is C19H20N4O3. The highest BCUT2D eigenvalue weighted by Gasteiger charge is 2.12. The van der Waals surface area contributed by atoms with Crippen molar-refractivity contribution in [1.29, 1.82) is 0 Å². The Morgan fingerprint density at radius 1 is 1.23 bits per heavy atom. The molecule has 0 fully saturated rings. The fourth-order valence-electron chi connectivity index (χ4n) is 2.70. The molecule has 1 amide bonds. The lowest BCUT2D eigenvalue weighted by Gasteiger charge is -2.04. The monoisotopic (exact) mass is 352 g/mol. The maximum absolute atomic E-state index is 12.1. The molecule has 0 atom stereocenters. The van der Waals surface area contributed by atoms with Crippen LogP contribution in [0.15, 0.2) is 46.0 Å². The van der Waals surface area contributed by atoms with Crippen LogP contribution in [0, 0.1) is 20.8 Å². The average Bonchev–Trinajstić information content (AvgIpc) is 3.17. The van der Waals surface area contributed by atoms with Gasteiger partial charge in [-0.3, -0.25) is 9.36 Å². The van der Waals surface area contributed by atoms with Crippen molar-refractivity contribution in [3.8, 4) is 11.6 Å². The van der Waals surface area contributed by atoms with E-state index in [-0.39, 0.29) is 5.91 Å². The van der Waals surface area contributed by atoms with Crippen LogP contribution in [0.5, 0.6) is 5.75 Å². The molecule has 7 nitrogen and oxygen atoms in total. The summed E-state index contributed by atoms with van der Waals surface area (Å²) in [5.41, 5.74) is 5.88. The van der Waals surface area contributed by atoms with Crippen molar-refractivity contribution in [3.05, 3.63) is 64.7 Å². The minimum absolute atomic E-state index is 0.287. The standard InChI is InChI=1S/C19H20N4O3/c1-12-9-16(14(3)23(12)18-10-13(2)26-22-18)11-20-21-19(24)15-5-7-17(25-4)8-6-15/h5-11H,1-4H3,(H,21,24)/b20-11-. The first-order valence-electron chi connectivity index (χ1n) is 8.09. The zero-order valence-corrected chi connectivity index (χ0v) is 15.1. The summed E-state index contributed by atoms with van der Waals surface area (Å²) in [6, 6.07) is 10.7. The van der Waals surface area contributed by atoms with Gasteiger partial charge in [-0.1, -0.05) is 5.16 Å². The maximum atomic E-state index is 12.1. The van der Waals surface area contributed by atoms with Gasteiger partial charge in [-0.2, -0.15) is 5.10 Å². The molecule has 2 heterocycles. The van der Waals surface area contributed by atoms with E-state index in [0.717, 1.165) is 28.5 Å². The molecule has 3 rings (SSSR count). The normalized spacial score (nSPS) is 11.1. The van der Waals surface area contributed by atoms with Gasteiger partial charge in [0, 0.05) is 28.6 Å². The van der Waals surface area contributed by atoms with Crippen LogP contribution >= 0.6 is 0 Å². The number of hydrogen-bond donors (Lipinski definition) is 1. The van der Waals surface area contributed by atoms with Crippen molar-refractivity contribution in [2.24, 2.45) is 5.10 Å². The lowest BCUT2D eigenvalue weighted by Crippen LogP contribution is -2.17. The molecule has 0 unspecified atom stereocenters. The molecule has 0 radical (unpaired) electrons. The van der Waals surface area contributed by atoms with Crippen LogP contribution in [0.4, 0.5) is 0 Å². The zero-order chi connectivity index (χ0) is 18.7. The molecule has 1 N–H and O–H groups in total. The number of methoxy groups -OCH3 is 1. The number of benzene rings is 1. The van der Waals surface area contributed by atoms with Crippen LogP contribution in [0.25, 0.3) is 5.82 Å². The SMILES string of the molecule is COc1ccc(C(=O)N/N=C\c2cc(C)n(-c3cc(C)on3)c2C)cc1. The Labute approximate surface area is 151 Å². The zero-order valence-electron chi connectivity index (χ0n) is 15.1. The third-order valence-corrected chi connectivity index (χ3v) is 4.04. The first-order valence-corrected chi connectivity index (χ1v) is 8.09. The summed E-state index contributed by atoms with van der Waals surface area (Å²) < 4.78 is 12.2. The number of aryl methyl sites for hydroxylation is 2. The fraction of sp³-hybridized carbons (Fsp3) is 0.211. The molecule has 26 heavy (non-hydrogen) atoms. The van der Waals surface area contributed by atoms with Gasteiger partial charge in [0.15, 0.2) is 5.82 Å². The van der Waals surface area contributed by atoms with Crippen molar-refractivity contribution in [2.45, 2.75) is 20.8 Å². The number of carbonyl (C=O) groups is 1. The number of nitrogens with zero attached hydrogens (tertiary/aromatic N) is 3. The largest absolute Gasteiger partial charge is 0.497 e. The van der Waals surface area contributed by atoms with E-state index >= 15 is 0 Å². The highest BCUT2D eigenvalue weighted by Crippen LogP contribution is 2.19. The van der Waals surface area contributed by atoms with Crippen molar-refractivity contribution in [2.75, 3.05) is 7.11 Å². The Morgan fingerprint density at radius 3 is 2.58 bits per heavy atom. The lowest BCUT2D eigenvalue weighted by molar-refractivity contribution is 0.0955. The summed E-state index contributed by atoms with van der Waals surface area (Å²) in [4.78, 5) is 12.1. The molecule has 7 heteroatoms. The van der Waals surface area contributed by atoms with Crippen LogP contribution in [0.2, 0.25) is 0 Å². The van der Waals surface area contributed by atoms with Gasteiger partial charge in [0.1, 0.15) is 11.5 Å². The van der Waals surface area contributed by atoms with Gasteiger partial charge < -0.3 is 9.26 Å². The van der Waals surface area contributed by atoms with Crippen LogP contribution < -0.4 is 10.2 Å². The van der Waals surface area contributed by atoms with Gasteiger partial charge in [-0.15, -0.1) is 0 Å². The number of nitrogens with one attached hydrogen (secondary N) is 1. The van der Waals surface area contributed by atoms with Crippen molar-refractivity contribution >= 4 is 12.1 Å². The number of carbonyl (C=O) groups excluding carboxylic acids is 1. The molecule has 1 aromatic carbocycles. The number of ether oxygens (including phenoxy) is 1. The third-order valence-electron chi connectivity index (χ3n) is 4.04. The van der Waals surface area contributed by atoms with Gasteiger partial charge in [-0.05, 0) is 51.1 Å². The van der Waals surface area contributed by atoms with E-state index in [4.69, 9.17) is 9.26 Å². The van der Waals surface area contributed by atoms with Crippen LogP contribution in [0.1, 0.15) is 33.1 Å². The first-order chi connectivity index (χ1) is 12.5. The first kappa shape index (κ1) is 17.5. The quantitative estimate of drug-likeness (QED) is 0.565. The number of amides is 1. The van der Waals surface area contributed by atoms with Crippen LogP contribution in [-0.4, -0.2) is 29.0 Å². The number of aromatic nitrogens is 2. The second-order valence-electron chi connectivity index (χ2n) is 5.89. The topological polar surface area (TPSA) is 81.6 Å². The maximum Gasteiger partial charge on any atom is 0.271 e. The highest BCUT2D eigenvalue weighted by atomic mass is 16.5. The summed E-state index contributed by atoms with van der Waals surface area (Å²) in [7, 11) is 1.58. The second-order valence-corrected chi connectivity index (χ2v) is 5.89. The van der Waals surface area contributed by atoms with Crippen molar-refractivity contribution in [3.63, 3.8) is 0 Å². The summed E-state index contributed by atoms with van der Waals surface area (Å²) in [5.74, 6) is 1.87. The van der Waals surface area contributed by atoms with E-state index < -0.39 is 0 Å². The van der Waals surface area contributed by atoms with Crippen LogP contribution in [-0.2, 0) is 0 Å². The Morgan fingerprint density at radius 2 is 1.96 bits per heavy atom. The molecular weight excluding hydrogens is 332 g/mol. The Hall–Kier alpha value is -3.35. The number of hydrogen-bond acceptors (Lipinski definition) is 5. The van der Waals surface area contributed by atoms with Gasteiger partial charge in [0.2, 0.25) is 0 Å². The van der Waals surface area contributed by atoms with Crippen molar-refractivity contribution < 1.29 is 14.1 Å². The summed E-state index contributed by atoms with van der Waals surface area (Å²) >= 11 is 0. The molecule has 0 spiro atoms. The molecule has 0 aliphatic heterocycles. The average molecular weight is 352 g/mol. The Bertz CT molecular complexity index is 952. The van der Waals surface area contributed by atoms with Gasteiger partial charge in [0.25, 0.3) is 5.91 Å². The van der Waals surface area contributed by atoms with E-state index in [1.807, 2.05) is 37.5 Å². The predicted octanol–water partition coefficient (Wildman–Crippen LogP) is 3.16. The fourth-order valence-corrected chi connectivity index (χ4v) is 2.70. The van der Waals surface area contributed by atoms with E-state index in [2.05, 4.69) is 15.7 Å². The lowest BCUT2D eigenvalue weighted by atomic mass is 10.2. The highest BCUT2D eigenvalue weighted by molar-refractivity contribution is 5.95. The van der Waals surface area contributed by atoms with Gasteiger partial charge >= 0.3 is 0 Å². The molecule has 0 aliphatic rings. The molecule has 0 bridgehead atoms. The second kappa shape index (κ2) is 7.26. The summed E-state index contributed by atoms with van der Waals surface area (Å²) in [5, 5.41) is 8.11. The molecule has 0 saturated carbocycles. The van der Waals surface area contributed by atoms with E-state index in [9.17, 15) is 4.79 Å². The van der Waals surface area contributed by atoms with E-state index in [1.165, 1.54) is 0 Å². The van der Waals surface area contributed by atoms with E-state index in [0.29, 0.717) is 11.3 Å². The molecule has 2 aromatic heterocycles. The minimum Gasteiger partial charge on any atom is -0.497 e. The van der Waals surface area contributed by atoms with Crippen LogP contribution in [0.3, 0.4) is 0 Å². The van der Waals surface area contributed by atoms with Gasteiger partial charge in [-0.25, -0.2) is 5.43 Å². The molecule has 134 valence electrons. The molecule has 3 aromatic rings. The smallest absolute Gasteiger partial charge is 0.271 e. The molecule has 0 aliphatic carbocycles. The molecule has 0 saturated heterocycles. The Kier molecular flexibility index (Phi) is 4.88. The number of rotatable bonds is 5. The van der Waals surface area contributed by atoms with Gasteiger partial charge in [0.05, 0.1) is 13.3 Å². The Balaban J connectivity index is 1.73. The predicted molar refractivity (Wildman–Crippen MR) is 98.1 cm³/mol. The minimum atomic E-state index is -0.287.